The SMILES string of the molecule is CC(=O)Nc1ccc(-c2cc3c(NC4CCC(C)(O)CC4)c(C(N)=O)cnn3c2)cc1. The quantitative estimate of drug-likeness (QED) is 0.504. The zero-order valence-corrected chi connectivity index (χ0v) is 17.7. The standard InChI is InChI=1S/C23H27N5O3/c1-14(29)26-17-5-3-15(4-6-17)16-11-20-21(19(22(24)30)12-25-28(20)13-16)27-18-7-9-23(2,31)10-8-18/h3-6,11-13,18,27,31H,7-10H2,1-2H3,(H2,24,30)(H,26,29). The molecule has 1 aromatic carbocycles. The van der Waals surface area contributed by atoms with Crippen LogP contribution in [0.1, 0.15) is 49.9 Å². The first-order valence-corrected chi connectivity index (χ1v) is 10.4. The Morgan fingerprint density at radius 3 is 2.48 bits per heavy atom. The number of anilines is 2. The number of nitrogens with one attached hydrogen (secondary N) is 2. The lowest BCUT2D eigenvalue weighted by molar-refractivity contribution is -0.114. The van der Waals surface area contributed by atoms with Gasteiger partial charge in [-0.3, -0.25) is 9.59 Å². The third-order valence-electron chi connectivity index (χ3n) is 5.85. The van der Waals surface area contributed by atoms with Crippen LogP contribution >= 0.6 is 0 Å². The predicted octanol–water partition coefficient (Wildman–Crippen LogP) is 3.16. The fraction of sp³-hybridized carbons (Fsp3) is 0.348. The Balaban J connectivity index is 1.68. The molecule has 0 aliphatic heterocycles. The predicted molar refractivity (Wildman–Crippen MR) is 120 cm³/mol. The number of nitrogens with zero attached hydrogens (tertiary/aromatic N) is 2. The van der Waals surface area contributed by atoms with E-state index in [-0.39, 0.29) is 11.9 Å². The van der Waals surface area contributed by atoms with Crippen LogP contribution in [0.25, 0.3) is 16.6 Å². The molecule has 31 heavy (non-hydrogen) atoms. The van der Waals surface area contributed by atoms with Crippen LogP contribution in [0.2, 0.25) is 0 Å². The normalized spacial score (nSPS) is 21.1. The summed E-state index contributed by atoms with van der Waals surface area (Å²) in [6, 6.07) is 9.63. The molecule has 5 N–H and O–H groups in total. The van der Waals surface area contributed by atoms with Crippen molar-refractivity contribution < 1.29 is 14.7 Å². The van der Waals surface area contributed by atoms with E-state index >= 15 is 0 Å². The van der Waals surface area contributed by atoms with Crippen LogP contribution in [-0.4, -0.2) is 38.2 Å². The Morgan fingerprint density at radius 1 is 1.19 bits per heavy atom. The minimum Gasteiger partial charge on any atom is -0.390 e. The van der Waals surface area contributed by atoms with Crippen molar-refractivity contribution >= 4 is 28.7 Å². The maximum Gasteiger partial charge on any atom is 0.252 e. The lowest BCUT2D eigenvalue weighted by atomic mass is 9.83. The molecule has 1 fully saturated rings. The zero-order valence-electron chi connectivity index (χ0n) is 17.7. The van der Waals surface area contributed by atoms with Crippen molar-refractivity contribution in [1.29, 1.82) is 0 Å². The van der Waals surface area contributed by atoms with E-state index in [2.05, 4.69) is 15.7 Å². The van der Waals surface area contributed by atoms with E-state index in [4.69, 9.17) is 5.73 Å². The molecule has 8 heteroatoms. The lowest BCUT2D eigenvalue weighted by Gasteiger charge is -2.34. The van der Waals surface area contributed by atoms with Gasteiger partial charge in [-0.1, -0.05) is 12.1 Å². The summed E-state index contributed by atoms with van der Waals surface area (Å²) in [5.74, 6) is -0.659. The van der Waals surface area contributed by atoms with E-state index in [9.17, 15) is 14.7 Å². The van der Waals surface area contributed by atoms with Crippen LogP contribution in [-0.2, 0) is 4.79 Å². The smallest absolute Gasteiger partial charge is 0.252 e. The number of aromatic nitrogens is 2. The van der Waals surface area contributed by atoms with Crippen LogP contribution in [0, 0.1) is 0 Å². The molecule has 0 radical (unpaired) electrons. The van der Waals surface area contributed by atoms with Crippen molar-refractivity contribution in [3.63, 3.8) is 0 Å². The van der Waals surface area contributed by atoms with Crippen molar-refractivity contribution in [3.05, 3.63) is 48.3 Å². The maximum absolute atomic E-state index is 12.1. The molecule has 3 aromatic rings. The summed E-state index contributed by atoms with van der Waals surface area (Å²) in [7, 11) is 0. The summed E-state index contributed by atoms with van der Waals surface area (Å²) in [5, 5.41) is 20.8. The van der Waals surface area contributed by atoms with Gasteiger partial charge in [0, 0.05) is 30.4 Å². The number of rotatable bonds is 5. The largest absolute Gasteiger partial charge is 0.390 e. The Kier molecular flexibility index (Phi) is 5.41. The first-order valence-electron chi connectivity index (χ1n) is 10.4. The minimum absolute atomic E-state index is 0.120. The molecule has 162 valence electrons. The molecular weight excluding hydrogens is 394 g/mol. The minimum atomic E-state index is -0.635. The molecule has 2 aromatic heterocycles. The number of hydrogen-bond donors (Lipinski definition) is 4. The first kappa shape index (κ1) is 20.9. The van der Waals surface area contributed by atoms with Crippen molar-refractivity contribution in [2.45, 2.75) is 51.2 Å². The number of carbonyl (C=O) groups is 2. The fourth-order valence-electron chi connectivity index (χ4n) is 4.09. The molecule has 0 atom stereocenters. The number of fused-ring (bicyclic) bond motifs is 1. The summed E-state index contributed by atoms with van der Waals surface area (Å²) in [6.07, 6.45) is 6.39. The van der Waals surface area contributed by atoms with Gasteiger partial charge in [0.25, 0.3) is 5.91 Å². The van der Waals surface area contributed by atoms with Crippen molar-refractivity contribution in [2.24, 2.45) is 5.73 Å². The van der Waals surface area contributed by atoms with E-state index in [0.29, 0.717) is 24.1 Å². The van der Waals surface area contributed by atoms with Gasteiger partial charge in [0.15, 0.2) is 0 Å². The molecule has 4 rings (SSSR count). The van der Waals surface area contributed by atoms with Crippen LogP contribution in [0.4, 0.5) is 11.4 Å². The first-order chi connectivity index (χ1) is 14.7. The molecule has 2 heterocycles. The topological polar surface area (TPSA) is 122 Å². The summed E-state index contributed by atoms with van der Waals surface area (Å²) >= 11 is 0. The Hall–Kier alpha value is -3.39. The van der Waals surface area contributed by atoms with E-state index in [1.165, 1.54) is 13.1 Å². The summed E-state index contributed by atoms with van der Waals surface area (Å²) < 4.78 is 1.73. The van der Waals surface area contributed by atoms with Gasteiger partial charge in [-0.25, -0.2) is 4.52 Å². The number of primary amides is 1. The van der Waals surface area contributed by atoms with E-state index in [0.717, 1.165) is 35.2 Å². The molecular formula is C23H27N5O3. The number of hydrogen-bond acceptors (Lipinski definition) is 5. The number of amides is 2. The van der Waals surface area contributed by atoms with Gasteiger partial charge in [0.2, 0.25) is 5.91 Å². The molecule has 0 saturated heterocycles. The molecule has 8 nitrogen and oxygen atoms in total. The molecule has 0 unspecified atom stereocenters. The zero-order chi connectivity index (χ0) is 22.2. The van der Waals surface area contributed by atoms with Gasteiger partial charge >= 0.3 is 0 Å². The number of nitrogens with two attached hydrogens (primary N) is 1. The van der Waals surface area contributed by atoms with Gasteiger partial charge in [-0.2, -0.15) is 5.10 Å². The highest BCUT2D eigenvalue weighted by Crippen LogP contribution is 2.33. The van der Waals surface area contributed by atoms with Crippen LogP contribution in [0.3, 0.4) is 0 Å². The molecule has 0 spiro atoms. The highest BCUT2D eigenvalue weighted by molar-refractivity contribution is 6.02. The van der Waals surface area contributed by atoms with Crippen molar-refractivity contribution in [3.8, 4) is 11.1 Å². The third-order valence-corrected chi connectivity index (χ3v) is 5.85. The molecule has 2 amide bonds. The third kappa shape index (κ3) is 4.54. The second-order valence-electron chi connectivity index (χ2n) is 8.53. The Morgan fingerprint density at radius 2 is 1.87 bits per heavy atom. The van der Waals surface area contributed by atoms with Crippen LogP contribution in [0.5, 0.6) is 0 Å². The molecule has 1 saturated carbocycles. The van der Waals surface area contributed by atoms with Crippen molar-refractivity contribution in [1.82, 2.24) is 9.61 Å². The number of aliphatic hydroxyl groups is 1. The van der Waals surface area contributed by atoms with Crippen molar-refractivity contribution in [2.75, 3.05) is 10.6 Å². The highest BCUT2D eigenvalue weighted by Gasteiger charge is 2.29. The summed E-state index contributed by atoms with van der Waals surface area (Å²) in [4.78, 5) is 23.3. The lowest BCUT2D eigenvalue weighted by Crippen LogP contribution is -2.36. The van der Waals surface area contributed by atoms with Gasteiger partial charge < -0.3 is 21.5 Å². The Bertz CT molecular complexity index is 1120. The summed E-state index contributed by atoms with van der Waals surface area (Å²) in [5.41, 5.74) is 9.37. The molecule has 0 bridgehead atoms. The van der Waals surface area contributed by atoms with Crippen LogP contribution < -0.4 is 16.4 Å². The van der Waals surface area contributed by atoms with Gasteiger partial charge in [-0.15, -0.1) is 0 Å². The Labute approximate surface area is 180 Å². The highest BCUT2D eigenvalue weighted by atomic mass is 16.3. The average molecular weight is 422 g/mol. The van der Waals surface area contributed by atoms with Gasteiger partial charge in [0.05, 0.1) is 28.6 Å². The van der Waals surface area contributed by atoms with E-state index in [1.807, 2.05) is 43.5 Å². The van der Waals surface area contributed by atoms with Crippen LogP contribution in [0.15, 0.2) is 42.7 Å². The fourth-order valence-corrected chi connectivity index (χ4v) is 4.09. The molecule has 1 aliphatic carbocycles. The summed E-state index contributed by atoms with van der Waals surface area (Å²) in [6.45, 7) is 3.33. The number of carbonyl (C=O) groups excluding carboxylic acids is 2. The average Bonchev–Trinajstić information content (AvgIpc) is 3.14. The second kappa shape index (κ2) is 8.03. The maximum atomic E-state index is 12.1. The monoisotopic (exact) mass is 421 g/mol. The second-order valence-corrected chi connectivity index (χ2v) is 8.53. The number of benzene rings is 1. The molecule has 1 aliphatic rings. The van der Waals surface area contributed by atoms with E-state index in [1.54, 1.807) is 4.52 Å². The van der Waals surface area contributed by atoms with Gasteiger partial charge in [0.1, 0.15) is 0 Å². The van der Waals surface area contributed by atoms with Gasteiger partial charge in [-0.05, 0) is 56.4 Å². The van der Waals surface area contributed by atoms with E-state index < -0.39 is 11.5 Å².